The van der Waals surface area contributed by atoms with Crippen molar-refractivity contribution in [2.24, 2.45) is 0 Å². The van der Waals surface area contributed by atoms with Crippen LogP contribution in [0.15, 0.2) is 16.6 Å². The lowest BCUT2D eigenvalue weighted by Gasteiger charge is -2.17. The Morgan fingerprint density at radius 2 is 2.22 bits per heavy atom. The van der Waals surface area contributed by atoms with Gasteiger partial charge in [0.15, 0.2) is 0 Å². The Kier molecular flexibility index (Phi) is 5.59. The van der Waals surface area contributed by atoms with Crippen molar-refractivity contribution in [3.05, 3.63) is 28.0 Å². The number of hydrogen-bond donors (Lipinski definition) is 2. The summed E-state index contributed by atoms with van der Waals surface area (Å²) < 4.78 is 13.8. The number of carboxylic acid groups (broad SMARTS) is 1. The molecule has 0 amide bonds. The molecule has 1 atom stereocenters. The van der Waals surface area contributed by atoms with Gasteiger partial charge in [0.05, 0.1) is 4.47 Å². The number of aryl methyl sites for hydroxylation is 1. The highest BCUT2D eigenvalue weighted by molar-refractivity contribution is 9.10. The van der Waals surface area contributed by atoms with E-state index in [1.165, 1.54) is 6.07 Å². The highest BCUT2D eigenvalue weighted by Crippen LogP contribution is 2.25. The largest absolute Gasteiger partial charge is 0.480 e. The first-order valence-electron chi connectivity index (χ1n) is 5.90. The molecule has 5 heteroatoms. The van der Waals surface area contributed by atoms with E-state index in [2.05, 4.69) is 21.2 Å². The van der Waals surface area contributed by atoms with Crippen LogP contribution in [0, 0.1) is 12.7 Å². The normalized spacial score (nSPS) is 12.2. The molecule has 1 aromatic carbocycles. The highest BCUT2D eigenvalue weighted by Gasteiger charge is 2.17. The van der Waals surface area contributed by atoms with Crippen molar-refractivity contribution < 1.29 is 14.3 Å². The number of aliphatic carboxylic acids is 1. The van der Waals surface area contributed by atoms with Gasteiger partial charge in [0, 0.05) is 5.69 Å². The number of nitrogens with one attached hydrogen (secondary N) is 1. The van der Waals surface area contributed by atoms with Crippen molar-refractivity contribution in [3.8, 4) is 0 Å². The smallest absolute Gasteiger partial charge is 0.326 e. The molecular formula is C13H17BrFNO2. The lowest BCUT2D eigenvalue weighted by Crippen LogP contribution is -2.29. The molecule has 1 unspecified atom stereocenters. The Labute approximate surface area is 115 Å². The maximum Gasteiger partial charge on any atom is 0.326 e. The van der Waals surface area contributed by atoms with Crippen LogP contribution in [0.25, 0.3) is 0 Å². The van der Waals surface area contributed by atoms with Crippen molar-refractivity contribution >= 4 is 27.6 Å². The Balaban J connectivity index is 2.86. The number of unbranched alkanes of at least 4 members (excludes halogenated alkanes) is 1. The minimum Gasteiger partial charge on any atom is -0.480 e. The van der Waals surface area contributed by atoms with Gasteiger partial charge in [-0.3, -0.25) is 0 Å². The van der Waals surface area contributed by atoms with Crippen molar-refractivity contribution in [2.45, 2.75) is 39.2 Å². The summed E-state index contributed by atoms with van der Waals surface area (Å²) in [6.45, 7) is 3.81. The third-order valence-electron chi connectivity index (χ3n) is 2.74. The van der Waals surface area contributed by atoms with Gasteiger partial charge in [-0.25, -0.2) is 9.18 Å². The summed E-state index contributed by atoms with van der Waals surface area (Å²) in [7, 11) is 0. The van der Waals surface area contributed by atoms with Crippen LogP contribution >= 0.6 is 15.9 Å². The van der Waals surface area contributed by atoms with E-state index < -0.39 is 17.8 Å². The summed E-state index contributed by atoms with van der Waals surface area (Å²) in [4.78, 5) is 11.1. The zero-order chi connectivity index (χ0) is 13.7. The van der Waals surface area contributed by atoms with Crippen molar-refractivity contribution in [2.75, 3.05) is 5.32 Å². The zero-order valence-corrected chi connectivity index (χ0v) is 12.1. The van der Waals surface area contributed by atoms with Crippen LogP contribution in [0.4, 0.5) is 10.1 Å². The monoisotopic (exact) mass is 317 g/mol. The summed E-state index contributed by atoms with van der Waals surface area (Å²) in [5.41, 5.74) is 1.34. The van der Waals surface area contributed by atoms with E-state index in [9.17, 15) is 9.18 Å². The van der Waals surface area contributed by atoms with Gasteiger partial charge in [-0.15, -0.1) is 0 Å². The molecule has 18 heavy (non-hydrogen) atoms. The van der Waals surface area contributed by atoms with Gasteiger partial charge in [0.25, 0.3) is 0 Å². The Morgan fingerprint density at radius 1 is 1.56 bits per heavy atom. The second-order valence-corrected chi connectivity index (χ2v) is 5.11. The van der Waals surface area contributed by atoms with Crippen LogP contribution in [-0.4, -0.2) is 17.1 Å². The molecule has 2 N–H and O–H groups in total. The lowest BCUT2D eigenvalue weighted by atomic mass is 10.1. The third kappa shape index (κ3) is 3.98. The van der Waals surface area contributed by atoms with E-state index >= 15 is 0 Å². The fourth-order valence-electron chi connectivity index (χ4n) is 1.66. The number of anilines is 1. The van der Waals surface area contributed by atoms with Crippen molar-refractivity contribution in [3.63, 3.8) is 0 Å². The molecule has 1 rings (SSSR count). The molecule has 0 saturated heterocycles. The van der Waals surface area contributed by atoms with Gasteiger partial charge < -0.3 is 10.4 Å². The van der Waals surface area contributed by atoms with Gasteiger partial charge in [-0.2, -0.15) is 0 Å². The maximum absolute atomic E-state index is 13.4. The van der Waals surface area contributed by atoms with Gasteiger partial charge in [0.2, 0.25) is 0 Å². The SMILES string of the molecule is CCCCC(Nc1cc(F)c(Br)cc1C)C(=O)O. The summed E-state index contributed by atoms with van der Waals surface area (Å²) in [5.74, 6) is -1.31. The molecule has 0 aliphatic carbocycles. The topological polar surface area (TPSA) is 49.3 Å². The molecule has 0 fully saturated rings. The first-order valence-corrected chi connectivity index (χ1v) is 6.70. The molecule has 3 nitrogen and oxygen atoms in total. The fourth-order valence-corrected chi connectivity index (χ4v) is 2.11. The summed E-state index contributed by atoms with van der Waals surface area (Å²) >= 11 is 3.10. The molecule has 0 bridgehead atoms. The number of halogens is 2. The summed E-state index contributed by atoms with van der Waals surface area (Å²) in [6, 6.07) is 2.28. The number of carboxylic acids is 1. The predicted molar refractivity (Wildman–Crippen MR) is 73.4 cm³/mol. The van der Waals surface area contributed by atoms with Crippen LogP contribution in [0.2, 0.25) is 0 Å². The number of benzene rings is 1. The van der Waals surface area contributed by atoms with Crippen LogP contribution in [0.3, 0.4) is 0 Å². The molecule has 0 saturated carbocycles. The molecule has 1 aromatic rings. The average Bonchev–Trinajstić information content (AvgIpc) is 2.30. The lowest BCUT2D eigenvalue weighted by molar-refractivity contribution is -0.138. The number of hydrogen-bond acceptors (Lipinski definition) is 2. The second-order valence-electron chi connectivity index (χ2n) is 4.26. The molecule has 0 spiro atoms. The first kappa shape index (κ1) is 15.0. The fraction of sp³-hybridized carbons (Fsp3) is 0.462. The van der Waals surface area contributed by atoms with Crippen LogP contribution in [0.1, 0.15) is 31.7 Å². The first-order chi connectivity index (χ1) is 8.45. The number of carbonyl (C=O) groups is 1. The van der Waals surface area contributed by atoms with Gasteiger partial charge in [-0.05, 0) is 47.0 Å². The van der Waals surface area contributed by atoms with Gasteiger partial charge in [-0.1, -0.05) is 19.8 Å². The van der Waals surface area contributed by atoms with Gasteiger partial charge >= 0.3 is 5.97 Å². The summed E-state index contributed by atoms with van der Waals surface area (Å²) in [5, 5.41) is 12.0. The third-order valence-corrected chi connectivity index (χ3v) is 3.35. The van der Waals surface area contributed by atoms with E-state index in [1.54, 1.807) is 6.07 Å². The van der Waals surface area contributed by atoms with E-state index in [0.29, 0.717) is 16.6 Å². The second kappa shape index (κ2) is 6.73. The molecule has 0 aromatic heterocycles. The van der Waals surface area contributed by atoms with E-state index in [0.717, 1.165) is 18.4 Å². The zero-order valence-electron chi connectivity index (χ0n) is 10.5. The Hall–Kier alpha value is -1.10. The molecule has 0 radical (unpaired) electrons. The Bertz CT molecular complexity index is 437. The minimum atomic E-state index is -0.911. The molecule has 0 aliphatic heterocycles. The van der Waals surface area contributed by atoms with E-state index in [1.807, 2.05) is 13.8 Å². The van der Waals surface area contributed by atoms with Crippen LogP contribution in [0.5, 0.6) is 0 Å². The molecule has 0 aliphatic rings. The average molecular weight is 318 g/mol. The quantitative estimate of drug-likeness (QED) is 0.835. The highest BCUT2D eigenvalue weighted by atomic mass is 79.9. The minimum absolute atomic E-state index is 0.381. The molecular weight excluding hydrogens is 301 g/mol. The van der Waals surface area contributed by atoms with Crippen molar-refractivity contribution in [1.29, 1.82) is 0 Å². The number of rotatable bonds is 6. The molecule has 0 heterocycles. The van der Waals surface area contributed by atoms with E-state index in [4.69, 9.17) is 5.11 Å². The van der Waals surface area contributed by atoms with Crippen molar-refractivity contribution in [1.82, 2.24) is 0 Å². The van der Waals surface area contributed by atoms with Crippen LogP contribution in [-0.2, 0) is 4.79 Å². The molecule has 100 valence electrons. The Morgan fingerprint density at radius 3 is 2.78 bits per heavy atom. The maximum atomic E-state index is 13.4. The standard InChI is InChI=1S/C13H17BrFNO2/c1-3-4-5-11(13(17)18)16-12-7-10(15)9(14)6-8(12)2/h6-7,11,16H,3-5H2,1-2H3,(H,17,18). The summed E-state index contributed by atoms with van der Waals surface area (Å²) in [6.07, 6.45) is 2.28. The van der Waals surface area contributed by atoms with Gasteiger partial charge in [0.1, 0.15) is 11.9 Å². The van der Waals surface area contributed by atoms with Crippen LogP contribution < -0.4 is 5.32 Å². The predicted octanol–water partition coefficient (Wildman–Crippen LogP) is 3.95. The van der Waals surface area contributed by atoms with E-state index in [-0.39, 0.29) is 0 Å².